The number of para-hydroxylation sites is 1. The van der Waals surface area contributed by atoms with Crippen LogP contribution in [0.2, 0.25) is 0 Å². The van der Waals surface area contributed by atoms with Gasteiger partial charge in [-0.2, -0.15) is 0 Å². The van der Waals surface area contributed by atoms with Crippen molar-refractivity contribution in [2.45, 2.75) is 26.4 Å². The van der Waals surface area contributed by atoms with Gasteiger partial charge in [0.05, 0.1) is 11.5 Å². The molecule has 18 heavy (non-hydrogen) atoms. The van der Waals surface area contributed by atoms with E-state index in [9.17, 15) is 10.1 Å². The van der Waals surface area contributed by atoms with Gasteiger partial charge in [0.2, 0.25) is 0 Å². The van der Waals surface area contributed by atoms with Crippen molar-refractivity contribution in [1.29, 1.82) is 0 Å². The summed E-state index contributed by atoms with van der Waals surface area (Å²) in [5, 5.41) is 14.0. The predicted molar refractivity (Wildman–Crippen MR) is 69.6 cm³/mol. The van der Waals surface area contributed by atoms with Gasteiger partial charge in [0.1, 0.15) is 5.69 Å². The van der Waals surface area contributed by atoms with Gasteiger partial charge in [-0.15, -0.1) is 0 Å². The number of rotatable bonds is 7. The fraction of sp³-hybridized carbons (Fsp3) is 0.538. The molecule has 1 N–H and O–H groups in total. The van der Waals surface area contributed by atoms with Crippen LogP contribution in [0.15, 0.2) is 18.2 Å². The summed E-state index contributed by atoms with van der Waals surface area (Å²) >= 11 is 0. The summed E-state index contributed by atoms with van der Waals surface area (Å²) < 4.78 is 5.60. The Balaban J connectivity index is 2.10. The van der Waals surface area contributed by atoms with Crippen molar-refractivity contribution in [2.24, 2.45) is 5.92 Å². The monoisotopic (exact) mass is 250 g/mol. The second-order valence-corrected chi connectivity index (χ2v) is 4.56. The number of hydrogen-bond donors (Lipinski definition) is 1. The first-order chi connectivity index (χ1) is 8.72. The highest BCUT2D eigenvalue weighted by molar-refractivity contribution is 5.66. The maximum Gasteiger partial charge on any atom is 0.292 e. The predicted octanol–water partition coefficient (Wildman–Crippen LogP) is 2.95. The molecule has 0 unspecified atom stereocenters. The van der Waals surface area contributed by atoms with Crippen LogP contribution in [0, 0.1) is 16.0 Å². The summed E-state index contributed by atoms with van der Waals surface area (Å²) in [6.07, 6.45) is 2.49. The van der Waals surface area contributed by atoms with Gasteiger partial charge in [-0.25, -0.2) is 0 Å². The van der Waals surface area contributed by atoms with Gasteiger partial charge in [-0.05, 0) is 25.7 Å². The molecule has 98 valence electrons. The Morgan fingerprint density at radius 1 is 1.50 bits per heavy atom. The van der Waals surface area contributed by atoms with Crippen LogP contribution >= 0.6 is 0 Å². The standard InChI is InChI=1S/C13H18N2O3/c1-2-14-13-11(9-18-8-10-6-7-10)4-3-5-12(13)15(16)17/h3-5,10,14H,2,6-9H2,1H3. The van der Waals surface area contributed by atoms with Crippen molar-refractivity contribution in [3.05, 3.63) is 33.9 Å². The van der Waals surface area contributed by atoms with E-state index in [0.717, 1.165) is 12.2 Å². The molecule has 2 rings (SSSR count). The lowest BCUT2D eigenvalue weighted by atomic mass is 10.1. The average Bonchev–Trinajstić information content (AvgIpc) is 3.15. The largest absolute Gasteiger partial charge is 0.379 e. The fourth-order valence-electron chi connectivity index (χ4n) is 1.86. The molecule has 5 nitrogen and oxygen atoms in total. The summed E-state index contributed by atoms with van der Waals surface area (Å²) in [4.78, 5) is 10.6. The summed E-state index contributed by atoms with van der Waals surface area (Å²) in [7, 11) is 0. The molecule has 0 amide bonds. The van der Waals surface area contributed by atoms with E-state index in [-0.39, 0.29) is 10.6 Å². The Hall–Kier alpha value is -1.62. The van der Waals surface area contributed by atoms with E-state index in [2.05, 4.69) is 5.32 Å². The number of nitrogens with zero attached hydrogens (tertiary/aromatic N) is 1. The lowest BCUT2D eigenvalue weighted by Gasteiger charge is -2.11. The highest BCUT2D eigenvalue weighted by Gasteiger charge is 2.22. The number of nitro benzene ring substituents is 1. The van der Waals surface area contributed by atoms with Crippen molar-refractivity contribution in [3.8, 4) is 0 Å². The van der Waals surface area contributed by atoms with Crippen molar-refractivity contribution >= 4 is 11.4 Å². The van der Waals surface area contributed by atoms with E-state index >= 15 is 0 Å². The van der Waals surface area contributed by atoms with Crippen LogP contribution in [-0.4, -0.2) is 18.1 Å². The SMILES string of the molecule is CCNc1c(COCC2CC2)cccc1[N+](=O)[O-]. The summed E-state index contributed by atoms with van der Waals surface area (Å²) in [6, 6.07) is 5.09. The fourth-order valence-corrected chi connectivity index (χ4v) is 1.86. The van der Waals surface area contributed by atoms with Crippen LogP contribution < -0.4 is 5.32 Å². The van der Waals surface area contributed by atoms with Gasteiger partial charge in [-0.1, -0.05) is 12.1 Å². The van der Waals surface area contributed by atoms with E-state index in [1.807, 2.05) is 13.0 Å². The normalized spacial score (nSPS) is 14.5. The molecule has 1 saturated carbocycles. The summed E-state index contributed by atoms with van der Waals surface area (Å²) in [5.74, 6) is 0.700. The minimum atomic E-state index is -0.359. The first-order valence-corrected chi connectivity index (χ1v) is 6.30. The molecule has 1 aromatic rings. The van der Waals surface area contributed by atoms with Gasteiger partial charge in [0.15, 0.2) is 0 Å². The molecule has 0 atom stereocenters. The van der Waals surface area contributed by atoms with Gasteiger partial charge < -0.3 is 10.1 Å². The van der Waals surface area contributed by atoms with Crippen LogP contribution in [0.25, 0.3) is 0 Å². The molecule has 5 heteroatoms. The van der Waals surface area contributed by atoms with Crippen LogP contribution in [0.3, 0.4) is 0 Å². The second kappa shape index (κ2) is 5.82. The lowest BCUT2D eigenvalue weighted by molar-refractivity contribution is -0.384. The zero-order valence-electron chi connectivity index (χ0n) is 10.5. The molecule has 0 heterocycles. The molecular weight excluding hydrogens is 232 g/mol. The number of nitro groups is 1. The smallest absolute Gasteiger partial charge is 0.292 e. The average molecular weight is 250 g/mol. The first-order valence-electron chi connectivity index (χ1n) is 6.30. The van der Waals surface area contributed by atoms with Crippen LogP contribution in [-0.2, 0) is 11.3 Å². The maximum atomic E-state index is 11.0. The third-order valence-corrected chi connectivity index (χ3v) is 2.99. The minimum Gasteiger partial charge on any atom is -0.379 e. The minimum absolute atomic E-state index is 0.115. The second-order valence-electron chi connectivity index (χ2n) is 4.56. The quantitative estimate of drug-likeness (QED) is 0.597. The van der Waals surface area contributed by atoms with Crippen LogP contribution in [0.4, 0.5) is 11.4 Å². The van der Waals surface area contributed by atoms with Gasteiger partial charge >= 0.3 is 0 Å². The van der Waals surface area contributed by atoms with Gasteiger partial charge in [0, 0.05) is 24.8 Å². The Labute approximate surface area is 106 Å². The molecule has 0 aromatic heterocycles. The lowest BCUT2D eigenvalue weighted by Crippen LogP contribution is -2.06. The Bertz CT molecular complexity index is 430. The van der Waals surface area contributed by atoms with E-state index in [0.29, 0.717) is 24.8 Å². The Morgan fingerprint density at radius 2 is 2.28 bits per heavy atom. The third-order valence-electron chi connectivity index (χ3n) is 2.99. The van der Waals surface area contributed by atoms with E-state index in [1.165, 1.54) is 18.9 Å². The Morgan fingerprint density at radius 3 is 2.89 bits per heavy atom. The number of anilines is 1. The third kappa shape index (κ3) is 3.20. The molecule has 0 bridgehead atoms. The van der Waals surface area contributed by atoms with Crippen LogP contribution in [0.1, 0.15) is 25.3 Å². The van der Waals surface area contributed by atoms with E-state index in [1.54, 1.807) is 6.07 Å². The highest BCUT2D eigenvalue weighted by Crippen LogP contribution is 2.31. The molecule has 1 aliphatic rings. The molecule has 1 aliphatic carbocycles. The number of hydrogen-bond acceptors (Lipinski definition) is 4. The summed E-state index contributed by atoms with van der Waals surface area (Å²) in [5.41, 5.74) is 1.55. The molecule has 0 radical (unpaired) electrons. The maximum absolute atomic E-state index is 11.0. The number of nitrogens with one attached hydrogen (secondary N) is 1. The zero-order chi connectivity index (χ0) is 13.0. The van der Waals surface area contributed by atoms with Gasteiger partial charge in [0.25, 0.3) is 5.69 Å². The van der Waals surface area contributed by atoms with E-state index in [4.69, 9.17) is 4.74 Å². The molecular formula is C13H18N2O3. The van der Waals surface area contributed by atoms with Crippen molar-refractivity contribution in [3.63, 3.8) is 0 Å². The Kier molecular flexibility index (Phi) is 4.15. The molecule has 0 aliphatic heterocycles. The number of ether oxygens (including phenoxy) is 1. The molecule has 0 spiro atoms. The van der Waals surface area contributed by atoms with Crippen molar-refractivity contribution < 1.29 is 9.66 Å². The molecule has 1 fully saturated rings. The summed E-state index contributed by atoms with van der Waals surface area (Å²) in [6.45, 7) is 3.76. The zero-order valence-corrected chi connectivity index (χ0v) is 10.5. The van der Waals surface area contributed by atoms with E-state index < -0.39 is 0 Å². The van der Waals surface area contributed by atoms with Gasteiger partial charge in [-0.3, -0.25) is 10.1 Å². The molecule has 1 aromatic carbocycles. The van der Waals surface area contributed by atoms with Crippen LogP contribution in [0.5, 0.6) is 0 Å². The highest BCUT2D eigenvalue weighted by atomic mass is 16.6. The number of benzene rings is 1. The first kappa shape index (κ1) is 12.8. The van der Waals surface area contributed by atoms with Crippen molar-refractivity contribution in [1.82, 2.24) is 0 Å². The molecule has 0 saturated heterocycles. The van der Waals surface area contributed by atoms with Crippen molar-refractivity contribution in [2.75, 3.05) is 18.5 Å². The topological polar surface area (TPSA) is 64.4 Å².